The number of hydrogen-bond acceptors (Lipinski definition) is 2. The summed E-state index contributed by atoms with van der Waals surface area (Å²) in [5.74, 6) is 1.60. The molecule has 1 aromatic heterocycles. The van der Waals surface area contributed by atoms with E-state index in [1.54, 1.807) is 7.11 Å². The van der Waals surface area contributed by atoms with Gasteiger partial charge in [-0.05, 0) is 43.8 Å². The quantitative estimate of drug-likeness (QED) is 0.554. The predicted molar refractivity (Wildman–Crippen MR) is 97.9 cm³/mol. The molecule has 3 nitrogen and oxygen atoms in total. The minimum atomic E-state index is 0.562. The molecule has 0 spiro atoms. The Morgan fingerprint density at radius 3 is 2.79 bits per heavy atom. The van der Waals surface area contributed by atoms with Crippen molar-refractivity contribution in [2.45, 2.75) is 18.9 Å². The van der Waals surface area contributed by atoms with Crippen molar-refractivity contribution in [2.24, 2.45) is 0 Å². The van der Waals surface area contributed by atoms with Crippen LogP contribution in [0.1, 0.15) is 23.5 Å². The highest BCUT2D eigenvalue weighted by atomic mass is 16.5. The van der Waals surface area contributed by atoms with E-state index in [-0.39, 0.29) is 0 Å². The van der Waals surface area contributed by atoms with Crippen molar-refractivity contribution in [1.82, 2.24) is 9.47 Å². The molecule has 2 aliphatic heterocycles. The van der Waals surface area contributed by atoms with Crippen LogP contribution in [0.15, 0.2) is 42.5 Å². The molecule has 2 aliphatic rings. The monoisotopic (exact) mass is 318 g/mol. The van der Waals surface area contributed by atoms with E-state index >= 15 is 0 Å². The van der Waals surface area contributed by atoms with Gasteiger partial charge in [0.05, 0.1) is 7.11 Å². The third-order valence-electron chi connectivity index (χ3n) is 5.73. The van der Waals surface area contributed by atoms with Gasteiger partial charge in [-0.3, -0.25) is 0 Å². The van der Waals surface area contributed by atoms with Crippen molar-refractivity contribution < 1.29 is 4.74 Å². The van der Waals surface area contributed by atoms with E-state index in [9.17, 15) is 0 Å². The Labute approximate surface area is 142 Å². The van der Waals surface area contributed by atoms with Gasteiger partial charge in [0.1, 0.15) is 5.75 Å². The average Bonchev–Trinajstić information content (AvgIpc) is 3.27. The van der Waals surface area contributed by atoms with E-state index in [1.807, 2.05) is 0 Å². The first-order chi connectivity index (χ1) is 11.8. The summed E-state index contributed by atoms with van der Waals surface area (Å²) in [5, 5.41) is 1.37. The number of benzene rings is 2. The second-order valence-electron chi connectivity index (χ2n) is 7.14. The summed E-state index contributed by atoms with van der Waals surface area (Å²) in [6, 6.07) is 15.5. The van der Waals surface area contributed by atoms with Gasteiger partial charge in [0.15, 0.2) is 0 Å². The molecule has 1 saturated heterocycles. The Bertz CT molecular complexity index is 940. The number of likely N-dealkylation sites (tertiary alicyclic amines) is 1. The Hall–Kier alpha value is -2.26. The Balaban J connectivity index is 1.75. The van der Waals surface area contributed by atoms with Crippen LogP contribution in [0.25, 0.3) is 22.2 Å². The van der Waals surface area contributed by atoms with Crippen LogP contribution < -0.4 is 4.74 Å². The summed E-state index contributed by atoms with van der Waals surface area (Å²) >= 11 is 0. The number of ether oxygens (including phenoxy) is 1. The van der Waals surface area contributed by atoms with Gasteiger partial charge in [0.25, 0.3) is 0 Å². The van der Waals surface area contributed by atoms with Crippen molar-refractivity contribution >= 4 is 10.9 Å². The zero-order chi connectivity index (χ0) is 16.3. The summed E-state index contributed by atoms with van der Waals surface area (Å²) in [6.07, 6.45) is 1.21. The third-order valence-corrected chi connectivity index (χ3v) is 5.73. The smallest absolute Gasteiger partial charge is 0.123 e. The molecule has 0 aliphatic carbocycles. The fourth-order valence-corrected chi connectivity index (χ4v) is 4.58. The van der Waals surface area contributed by atoms with Gasteiger partial charge in [0, 0.05) is 46.7 Å². The molecule has 122 valence electrons. The normalized spacial score (nSPS) is 19.7. The Morgan fingerprint density at radius 1 is 1.12 bits per heavy atom. The van der Waals surface area contributed by atoms with Crippen LogP contribution in [0, 0.1) is 0 Å². The predicted octanol–water partition coefficient (Wildman–Crippen LogP) is 4.10. The van der Waals surface area contributed by atoms with E-state index in [4.69, 9.17) is 4.74 Å². The molecule has 0 saturated carbocycles. The summed E-state index contributed by atoms with van der Waals surface area (Å²) in [4.78, 5) is 2.42. The van der Waals surface area contributed by atoms with Crippen molar-refractivity contribution in [3.8, 4) is 17.0 Å². The van der Waals surface area contributed by atoms with E-state index in [0.29, 0.717) is 5.92 Å². The molecule has 5 rings (SSSR count). The van der Waals surface area contributed by atoms with Crippen molar-refractivity contribution in [3.05, 3.63) is 53.6 Å². The van der Waals surface area contributed by atoms with E-state index in [0.717, 1.165) is 18.8 Å². The lowest BCUT2D eigenvalue weighted by molar-refractivity contribution is 0.396. The molecule has 1 atom stereocenters. The summed E-state index contributed by atoms with van der Waals surface area (Å²) in [7, 11) is 4.00. The number of hydrogen-bond donors (Lipinski definition) is 0. The Morgan fingerprint density at radius 2 is 2.00 bits per heavy atom. The van der Waals surface area contributed by atoms with Gasteiger partial charge < -0.3 is 14.2 Å². The lowest BCUT2D eigenvalue weighted by atomic mass is 9.93. The number of likely N-dealkylation sites (N-methyl/N-ethyl adjacent to an activating group) is 1. The molecule has 0 bridgehead atoms. The van der Waals surface area contributed by atoms with Gasteiger partial charge >= 0.3 is 0 Å². The lowest BCUT2D eigenvalue weighted by Crippen LogP contribution is -2.13. The second kappa shape index (κ2) is 5.12. The second-order valence-corrected chi connectivity index (χ2v) is 7.14. The van der Waals surface area contributed by atoms with Gasteiger partial charge in [-0.25, -0.2) is 0 Å². The molecule has 2 aromatic carbocycles. The molecule has 3 aromatic rings. The number of aromatic nitrogens is 1. The molecule has 3 heterocycles. The zero-order valence-electron chi connectivity index (χ0n) is 14.2. The van der Waals surface area contributed by atoms with Crippen LogP contribution in [0.5, 0.6) is 5.75 Å². The minimum Gasteiger partial charge on any atom is -0.496 e. The van der Waals surface area contributed by atoms with Crippen molar-refractivity contribution in [3.63, 3.8) is 0 Å². The molecule has 0 amide bonds. The topological polar surface area (TPSA) is 17.4 Å². The first kappa shape index (κ1) is 14.1. The maximum atomic E-state index is 5.74. The fourth-order valence-electron chi connectivity index (χ4n) is 4.58. The highest BCUT2D eigenvalue weighted by molar-refractivity contribution is 5.93. The van der Waals surface area contributed by atoms with Crippen LogP contribution in [0.4, 0.5) is 0 Å². The van der Waals surface area contributed by atoms with Crippen LogP contribution in [-0.2, 0) is 6.54 Å². The first-order valence-electron chi connectivity index (χ1n) is 8.73. The molecule has 1 fully saturated rings. The van der Waals surface area contributed by atoms with E-state index < -0.39 is 0 Å². The number of methoxy groups -OCH3 is 1. The molecule has 0 unspecified atom stereocenters. The molecular formula is C21H22N2O. The zero-order valence-corrected chi connectivity index (χ0v) is 14.2. The summed E-state index contributed by atoms with van der Waals surface area (Å²) in [5.41, 5.74) is 6.89. The first-order valence-corrected chi connectivity index (χ1v) is 8.73. The highest BCUT2D eigenvalue weighted by Gasteiger charge is 2.29. The summed E-state index contributed by atoms with van der Waals surface area (Å²) < 4.78 is 8.20. The molecule has 0 N–H and O–H groups in total. The third kappa shape index (κ3) is 1.88. The van der Waals surface area contributed by atoms with E-state index in [2.05, 4.69) is 59.0 Å². The van der Waals surface area contributed by atoms with Crippen molar-refractivity contribution in [2.75, 3.05) is 27.2 Å². The van der Waals surface area contributed by atoms with Crippen molar-refractivity contribution in [1.29, 1.82) is 0 Å². The largest absolute Gasteiger partial charge is 0.496 e. The minimum absolute atomic E-state index is 0.562. The summed E-state index contributed by atoms with van der Waals surface area (Å²) in [6.45, 7) is 3.26. The van der Waals surface area contributed by atoms with E-state index in [1.165, 1.54) is 46.3 Å². The molecule has 3 heteroatoms. The number of nitrogens with zero attached hydrogens (tertiary/aromatic N) is 2. The average molecular weight is 318 g/mol. The number of fused-ring (bicyclic) bond motifs is 5. The standard InChI is InChI=1S/C21H22N2O/c1-22-10-9-15(12-22)21-17-11-19-16-6-4-3-5-14(16)13-23(19)18(17)7-8-20(21)24-2/h3-8,11,15H,9-10,12-13H2,1-2H3/t15-/m0/s1. The Kier molecular flexibility index (Phi) is 3.01. The highest BCUT2D eigenvalue weighted by Crippen LogP contribution is 2.43. The van der Waals surface area contributed by atoms with Crippen LogP contribution in [-0.4, -0.2) is 36.7 Å². The van der Waals surface area contributed by atoms with Gasteiger partial charge in [-0.1, -0.05) is 24.3 Å². The SMILES string of the molecule is COc1ccc2c(cc3n2Cc2ccccc2-3)c1[C@H]1CCN(C)C1. The van der Waals surface area contributed by atoms with Gasteiger partial charge in [0.2, 0.25) is 0 Å². The van der Waals surface area contributed by atoms with Crippen LogP contribution in [0.2, 0.25) is 0 Å². The molecule has 24 heavy (non-hydrogen) atoms. The fraction of sp³-hybridized carbons (Fsp3) is 0.333. The lowest BCUT2D eigenvalue weighted by Gasteiger charge is -2.17. The van der Waals surface area contributed by atoms with Gasteiger partial charge in [-0.15, -0.1) is 0 Å². The van der Waals surface area contributed by atoms with Crippen LogP contribution in [0.3, 0.4) is 0 Å². The van der Waals surface area contributed by atoms with Gasteiger partial charge in [-0.2, -0.15) is 0 Å². The maximum absolute atomic E-state index is 5.74. The molecule has 0 radical (unpaired) electrons. The molecular weight excluding hydrogens is 296 g/mol. The van der Waals surface area contributed by atoms with Crippen LogP contribution >= 0.6 is 0 Å². The maximum Gasteiger partial charge on any atom is 0.123 e. The number of rotatable bonds is 2.